The second kappa shape index (κ2) is 11.8. The number of hydrogen-bond donors (Lipinski definition) is 1. The lowest BCUT2D eigenvalue weighted by atomic mass is 10.3. The Morgan fingerprint density at radius 1 is 1.41 bits per heavy atom. The lowest BCUT2D eigenvalue weighted by Crippen LogP contribution is -2.42. The Hall–Kier alpha value is -0.700. The molecule has 126 valence electrons. The summed E-state index contributed by atoms with van der Waals surface area (Å²) in [5, 5.41) is 3.86. The van der Waals surface area contributed by atoms with Crippen LogP contribution in [0.5, 0.6) is 5.75 Å². The van der Waals surface area contributed by atoms with Crippen molar-refractivity contribution in [3.05, 3.63) is 30.1 Å². The van der Waals surface area contributed by atoms with Gasteiger partial charge in [0.1, 0.15) is 18.2 Å². The van der Waals surface area contributed by atoms with E-state index in [1.54, 1.807) is 19.2 Å². The fourth-order valence-corrected chi connectivity index (χ4v) is 1.89. The molecule has 22 heavy (non-hydrogen) atoms. The van der Waals surface area contributed by atoms with Crippen molar-refractivity contribution in [2.75, 3.05) is 40.0 Å². The fraction of sp³-hybridized carbons (Fsp3) is 0.533. The van der Waals surface area contributed by atoms with E-state index in [4.69, 9.17) is 4.74 Å². The van der Waals surface area contributed by atoms with Gasteiger partial charge in [-0.2, -0.15) is 11.8 Å². The van der Waals surface area contributed by atoms with Gasteiger partial charge in [-0.3, -0.25) is 4.99 Å². The van der Waals surface area contributed by atoms with Crippen LogP contribution in [0.25, 0.3) is 0 Å². The molecule has 0 bridgehead atoms. The third kappa shape index (κ3) is 8.07. The maximum atomic E-state index is 12.8. The lowest BCUT2D eigenvalue weighted by molar-refractivity contribution is 0.281. The number of aliphatic imine (C=N–C) groups is 1. The monoisotopic (exact) mass is 441 g/mol. The fourth-order valence-electron chi connectivity index (χ4n) is 1.64. The molecular weight excluding hydrogens is 416 g/mol. The zero-order valence-corrected chi connectivity index (χ0v) is 16.7. The van der Waals surface area contributed by atoms with Crippen molar-refractivity contribution in [1.29, 1.82) is 0 Å². The van der Waals surface area contributed by atoms with Gasteiger partial charge in [0.15, 0.2) is 5.96 Å². The first-order chi connectivity index (χ1) is 10.1. The first kappa shape index (κ1) is 21.3. The molecule has 1 rings (SSSR count). The van der Waals surface area contributed by atoms with Crippen LogP contribution in [0.1, 0.15) is 6.92 Å². The first-order valence-corrected chi connectivity index (χ1v) is 8.18. The van der Waals surface area contributed by atoms with Gasteiger partial charge in [0, 0.05) is 25.9 Å². The first-order valence-electron chi connectivity index (χ1n) is 6.89. The Balaban J connectivity index is 0.00000441. The van der Waals surface area contributed by atoms with Gasteiger partial charge in [-0.15, -0.1) is 24.0 Å². The van der Waals surface area contributed by atoms with E-state index in [0.29, 0.717) is 24.2 Å². The van der Waals surface area contributed by atoms with Crippen LogP contribution >= 0.6 is 35.7 Å². The zero-order valence-electron chi connectivity index (χ0n) is 13.5. The van der Waals surface area contributed by atoms with Crippen molar-refractivity contribution in [2.45, 2.75) is 12.2 Å². The van der Waals surface area contributed by atoms with Crippen molar-refractivity contribution >= 4 is 41.7 Å². The van der Waals surface area contributed by atoms with Gasteiger partial charge in [0.05, 0.1) is 6.54 Å². The summed E-state index contributed by atoms with van der Waals surface area (Å²) in [7, 11) is 3.73. The van der Waals surface area contributed by atoms with Crippen molar-refractivity contribution in [2.24, 2.45) is 4.99 Å². The summed E-state index contributed by atoms with van der Waals surface area (Å²) >= 11 is 1.81. The number of likely N-dealkylation sites (N-methyl/N-ethyl adjacent to an activating group) is 1. The second-order valence-electron chi connectivity index (χ2n) is 4.70. The van der Waals surface area contributed by atoms with Crippen LogP contribution in [0, 0.1) is 5.82 Å². The lowest BCUT2D eigenvalue weighted by Gasteiger charge is -2.23. The average Bonchev–Trinajstić information content (AvgIpc) is 2.49. The van der Waals surface area contributed by atoms with E-state index in [1.807, 2.05) is 23.7 Å². The number of thioether (sulfide) groups is 1. The van der Waals surface area contributed by atoms with E-state index in [2.05, 4.69) is 23.5 Å². The van der Waals surface area contributed by atoms with Gasteiger partial charge < -0.3 is 15.0 Å². The Labute approximate surface area is 153 Å². The highest BCUT2D eigenvalue weighted by atomic mass is 127. The number of benzene rings is 1. The molecule has 0 aromatic heterocycles. The predicted molar refractivity (Wildman–Crippen MR) is 104 cm³/mol. The molecule has 0 saturated heterocycles. The maximum absolute atomic E-state index is 12.8. The van der Waals surface area contributed by atoms with Crippen LogP contribution in [0.3, 0.4) is 0 Å². The molecule has 4 nitrogen and oxygen atoms in total. The zero-order chi connectivity index (χ0) is 15.7. The van der Waals surface area contributed by atoms with Gasteiger partial charge in [-0.25, -0.2) is 4.39 Å². The molecule has 0 aliphatic rings. The third-order valence-corrected chi connectivity index (χ3v) is 4.00. The highest BCUT2D eigenvalue weighted by molar-refractivity contribution is 14.0. The molecule has 1 N–H and O–H groups in total. The normalized spacial score (nSPS) is 12.3. The SMILES string of the molecule is CN=C(NCC(C)SC)N(C)CCOc1ccc(F)cc1.I. The standard InChI is InChI=1S/C15H24FN3OS.HI/c1-12(21-4)11-18-15(17-2)19(3)9-10-20-14-7-5-13(16)6-8-14;/h5-8,12H,9-11H2,1-4H3,(H,17,18);1H. The summed E-state index contributed by atoms with van der Waals surface area (Å²) in [6.45, 7) is 4.26. The van der Waals surface area contributed by atoms with E-state index >= 15 is 0 Å². The molecule has 0 fully saturated rings. The molecule has 0 spiro atoms. The molecule has 1 aromatic rings. The number of rotatable bonds is 7. The predicted octanol–water partition coefficient (Wildman–Crippen LogP) is 3.08. The van der Waals surface area contributed by atoms with Crippen LogP contribution in [0.15, 0.2) is 29.3 Å². The molecule has 7 heteroatoms. The largest absolute Gasteiger partial charge is 0.492 e. The molecule has 0 aliphatic heterocycles. The van der Waals surface area contributed by atoms with Crippen LogP contribution in [-0.2, 0) is 0 Å². The van der Waals surface area contributed by atoms with Crippen molar-refractivity contribution < 1.29 is 9.13 Å². The van der Waals surface area contributed by atoms with Gasteiger partial charge in [0.25, 0.3) is 0 Å². The molecule has 1 unspecified atom stereocenters. The van der Waals surface area contributed by atoms with Crippen molar-refractivity contribution in [1.82, 2.24) is 10.2 Å². The molecule has 1 aromatic carbocycles. The van der Waals surface area contributed by atoms with E-state index in [-0.39, 0.29) is 29.8 Å². The summed E-state index contributed by atoms with van der Waals surface area (Å²) in [6.07, 6.45) is 2.09. The van der Waals surface area contributed by atoms with E-state index in [1.165, 1.54) is 12.1 Å². The Bertz CT molecular complexity index is 445. The number of hydrogen-bond acceptors (Lipinski definition) is 3. The molecule has 0 heterocycles. The Morgan fingerprint density at radius 2 is 2.05 bits per heavy atom. The van der Waals surface area contributed by atoms with Crippen LogP contribution in [-0.4, -0.2) is 56.2 Å². The van der Waals surface area contributed by atoms with Gasteiger partial charge >= 0.3 is 0 Å². The number of ether oxygens (including phenoxy) is 1. The topological polar surface area (TPSA) is 36.9 Å². The number of nitrogens with one attached hydrogen (secondary N) is 1. The minimum atomic E-state index is -0.257. The summed E-state index contributed by atoms with van der Waals surface area (Å²) in [4.78, 5) is 6.26. The molecule has 0 amide bonds. The second-order valence-corrected chi connectivity index (χ2v) is 5.97. The maximum Gasteiger partial charge on any atom is 0.193 e. The molecular formula is C15H25FIN3OS. The van der Waals surface area contributed by atoms with Gasteiger partial charge in [0.2, 0.25) is 0 Å². The quantitative estimate of drug-likeness (QED) is 0.401. The van der Waals surface area contributed by atoms with E-state index < -0.39 is 0 Å². The van der Waals surface area contributed by atoms with Crippen molar-refractivity contribution in [3.63, 3.8) is 0 Å². The smallest absolute Gasteiger partial charge is 0.193 e. The molecule has 0 radical (unpaired) electrons. The third-order valence-electron chi connectivity index (χ3n) is 3.03. The van der Waals surface area contributed by atoms with Crippen LogP contribution in [0.4, 0.5) is 4.39 Å². The van der Waals surface area contributed by atoms with Gasteiger partial charge in [-0.05, 0) is 30.5 Å². The minimum absolute atomic E-state index is 0. The summed E-state index contributed by atoms with van der Waals surface area (Å²) in [5.41, 5.74) is 0. The summed E-state index contributed by atoms with van der Waals surface area (Å²) in [5.74, 6) is 1.26. The Kier molecular flexibility index (Phi) is 11.4. The highest BCUT2D eigenvalue weighted by Crippen LogP contribution is 2.10. The minimum Gasteiger partial charge on any atom is -0.492 e. The van der Waals surface area contributed by atoms with E-state index in [9.17, 15) is 4.39 Å². The number of guanidine groups is 1. The Morgan fingerprint density at radius 3 is 2.59 bits per heavy atom. The van der Waals surface area contributed by atoms with Gasteiger partial charge in [-0.1, -0.05) is 6.92 Å². The number of halogens is 2. The summed E-state index contributed by atoms with van der Waals surface area (Å²) < 4.78 is 18.4. The highest BCUT2D eigenvalue weighted by Gasteiger charge is 2.07. The molecule has 0 saturated carbocycles. The average molecular weight is 441 g/mol. The number of nitrogens with zero attached hydrogens (tertiary/aromatic N) is 2. The molecule has 0 aliphatic carbocycles. The van der Waals surface area contributed by atoms with Crippen molar-refractivity contribution in [3.8, 4) is 5.75 Å². The van der Waals surface area contributed by atoms with Crippen LogP contribution < -0.4 is 10.1 Å². The van der Waals surface area contributed by atoms with Crippen LogP contribution in [0.2, 0.25) is 0 Å². The van der Waals surface area contributed by atoms with E-state index in [0.717, 1.165) is 12.5 Å². The summed E-state index contributed by atoms with van der Waals surface area (Å²) in [6, 6.07) is 6.04. The molecule has 1 atom stereocenters.